The first-order chi connectivity index (χ1) is 9.63. The fourth-order valence-electron chi connectivity index (χ4n) is 2.68. The van der Waals surface area contributed by atoms with E-state index < -0.39 is 0 Å². The van der Waals surface area contributed by atoms with E-state index in [4.69, 9.17) is 4.52 Å². The Morgan fingerprint density at radius 3 is 2.55 bits per heavy atom. The Morgan fingerprint density at radius 1 is 1.25 bits per heavy atom. The SMILES string of the molecule is Cc1noc(C)c1CN1CCN(C2=NC[C@H](C)S2)CC1. The summed E-state index contributed by atoms with van der Waals surface area (Å²) in [5.41, 5.74) is 2.27. The first-order valence-electron chi connectivity index (χ1n) is 7.23. The Bertz CT molecular complexity index is 486. The van der Waals surface area contributed by atoms with Crippen LogP contribution >= 0.6 is 11.8 Å². The lowest BCUT2D eigenvalue weighted by Gasteiger charge is -2.35. The van der Waals surface area contributed by atoms with Crippen molar-refractivity contribution in [3.05, 3.63) is 17.0 Å². The van der Waals surface area contributed by atoms with Gasteiger partial charge in [-0.05, 0) is 13.8 Å². The van der Waals surface area contributed by atoms with Crippen molar-refractivity contribution in [1.29, 1.82) is 0 Å². The molecule has 0 aromatic carbocycles. The summed E-state index contributed by atoms with van der Waals surface area (Å²) >= 11 is 1.92. The number of amidine groups is 1. The zero-order chi connectivity index (χ0) is 14.1. The molecule has 3 heterocycles. The summed E-state index contributed by atoms with van der Waals surface area (Å²) in [4.78, 5) is 9.54. The second-order valence-corrected chi connectivity index (χ2v) is 7.02. The van der Waals surface area contributed by atoms with Crippen LogP contribution < -0.4 is 0 Å². The number of thioether (sulfide) groups is 1. The van der Waals surface area contributed by atoms with Crippen LogP contribution in [0.1, 0.15) is 23.9 Å². The minimum atomic E-state index is 0.644. The Hall–Kier alpha value is -1.01. The molecule has 20 heavy (non-hydrogen) atoms. The van der Waals surface area contributed by atoms with Gasteiger partial charge >= 0.3 is 0 Å². The number of aliphatic imine (C=N–C) groups is 1. The molecule has 0 radical (unpaired) electrons. The molecule has 0 saturated carbocycles. The maximum atomic E-state index is 5.24. The molecule has 6 heteroatoms. The minimum Gasteiger partial charge on any atom is -0.361 e. The van der Waals surface area contributed by atoms with E-state index in [1.807, 2.05) is 25.6 Å². The normalized spacial score (nSPS) is 24.2. The van der Waals surface area contributed by atoms with Gasteiger partial charge in [0.1, 0.15) is 5.76 Å². The number of rotatable bonds is 2. The number of nitrogens with zero attached hydrogens (tertiary/aromatic N) is 4. The Balaban J connectivity index is 1.54. The van der Waals surface area contributed by atoms with Gasteiger partial charge in [-0.25, -0.2) is 0 Å². The topological polar surface area (TPSA) is 44.9 Å². The summed E-state index contributed by atoms with van der Waals surface area (Å²) in [5.74, 6) is 0.953. The third-order valence-electron chi connectivity index (χ3n) is 4.00. The zero-order valence-corrected chi connectivity index (χ0v) is 13.2. The molecule has 1 aromatic rings. The maximum absolute atomic E-state index is 5.24. The summed E-state index contributed by atoms with van der Waals surface area (Å²) in [7, 11) is 0. The van der Waals surface area contributed by atoms with Crippen molar-refractivity contribution in [3.8, 4) is 0 Å². The van der Waals surface area contributed by atoms with Gasteiger partial charge in [0.05, 0.1) is 12.2 Å². The van der Waals surface area contributed by atoms with Crippen molar-refractivity contribution in [1.82, 2.24) is 15.0 Å². The van der Waals surface area contributed by atoms with E-state index in [0.29, 0.717) is 5.25 Å². The molecular weight excluding hydrogens is 272 g/mol. The maximum Gasteiger partial charge on any atom is 0.159 e. The first kappa shape index (κ1) is 13.9. The Morgan fingerprint density at radius 2 is 2.00 bits per heavy atom. The highest BCUT2D eigenvalue weighted by Gasteiger charge is 2.25. The third-order valence-corrected chi connectivity index (χ3v) is 5.15. The molecule has 0 spiro atoms. The molecule has 0 N–H and O–H groups in total. The van der Waals surface area contributed by atoms with E-state index in [0.717, 1.165) is 50.7 Å². The van der Waals surface area contributed by atoms with Gasteiger partial charge < -0.3 is 9.42 Å². The lowest BCUT2D eigenvalue weighted by Crippen LogP contribution is -2.47. The summed E-state index contributed by atoms with van der Waals surface area (Å²) in [6.07, 6.45) is 0. The molecule has 1 fully saturated rings. The minimum absolute atomic E-state index is 0.644. The van der Waals surface area contributed by atoms with E-state index in [-0.39, 0.29) is 0 Å². The molecule has 0 amide bonds. The summed E-state index contributed by atoms with van der Waals surface area (Å²) < 4.78 is 5.24. The van der Waals surface area contributed by atoms with Gasteiger partial charge in [-0.3, -0.25) is 9.89 Å². The quantitative estimate of drug-likeness (QED) is 0.833. The smallest absolute Gasteiger partial charge is 0.159 e. The van der Waals surface area contributed by atoms with E-state index in [9.17, 15) is 0 Å². The monoisotopic (exact) mass is 294 g/mol. The van der Waals surface area contributed by atoms with Gasteiger partial charge in [0.2, 0.25) is 0 Å². The molecule has 1 atom stereocenters. The van der Waals surface area contributed by atoms with Gasteiger partial charge in [-0.1, -0.05) is 23.8 Å². The number of aryl methyl sites for hydroxylation is 2. The van der Waals surface area contributed by atoms with Crippen molar-refractivity contribution < 1.29 is 4.52 Å². The molecule has 0 aliphatic carbocycles. The molecule has 1 aromatic heterocycles. The fraction of sp³-hybridized carbons (Fsp3) is 0.714. The van der Waals surface area contributed by atoms with E-state index in [1.54, 1.807) is 0 Å². The van der Waals surface area contributed by atoms with Gasteiger partial charge in [0.25, 0.3) is 0 Å². The van der Waals surface area contributed by atoms with Crippen LogP contribution in [0.5, 0.6) is 0 Å². The molecule has 0 bridgehead atoms. The Labute approximate surface area is 124 Å². The van der Waals surface area contributed by atoms with Gasteiger partial charge in [-0.2, -0.15) is 0 Å². The average Bonchev–Trinajstić information content (AvgIpc) is 3.01. The second kappa shape index (κ2) is 5.77. The largest absolute Gasteiger partial charge is 0.361 e. The zero-order valence-electron chi connectivity index (χ0n) is 12.4. The van der Waals surface area contributed by atoms with Crippen LogP contribution in [-0.2, 0) is 6.54 Å². The van der Waals surface area contributed by atoms with Crippen LogP contribution in [0.4, 0.5) is 0 Å². The van der Waals surface area contributed by atoms with Crippen LogP contribution in [0.25, 0.3) is 0 Å². The third kappa shape index (κ3) is 2.86. The highest BCUT2D eigenvalue weighted by atomic mass is 32.2. The highest BCUT2D eigenvalue weighted by molar-refractivity contribution is 8.14. The average molecular weight is 294 g/mol. The molecule has 3 rings (SSSR count). The first-order valence-corrected chi connectivity index (χ1v) is 8.11. The predicted octanol–water partition coefficient (Wildman–Crippen LogP) is 1.90. The molecule has 5 nitrogen and oxygen atoms in total. The molecule has 2 aliphatic rings. The molecule has 2 aliphatic heterocycles. The van der Waals surface area contributed by atoms with Crippen LogP contribution in [0, 0.1) is 13.8 Å². The molecular formula is C14H22N4OS. The predicted molar refractivity (Wildman–Crippen MR) is 82.2 cm³/mol. The van der Waals surface area contributed by atoms with Crippen LogP contribution in [0.2, 0.25) is 0 Å². The number of hydrogen-bond acceptors (Lipinski definition) is 6. The van der Waals surface area contributed by atoms with Crippen LogP contribution in [0.3, 0.4) is 0 Å². The van der Waals surface area contributed by atoms with Crippen molar-refractivity contribution in [2.75, 3.05) is 32.7 Å². The molecule has 1 saturated heterocycles. The van der Waals surface area contributed by atoms with E-state index in [2.05, 4.69) is 26.9 Å². The van der Waals surface area contributed by atoms with Gasteiger partial charge in [-0.15, -0.1) is 0 Å². The standard InChI is InChI=1S/C14H22N4OS/c1-10-8-15-14(20-10)18-6-4-17(5-7-18)9-13-11(2)16-19-12(13)3/h10H,4-9H2,1-3H3/t10-/m0/s1. The summed E-state index contributed by atoms with van der Waals surface area (Å²) in [6, 6.07) is 0. The Kier molecular flexibility index (Phi) is 4.03. The lowest BCUT2D eigenvalue weighted by molar-refractivity contribution is 0.176. The number of aromatic nitrogens is 1. The van der Waals surface area contributed by atoms with Gasteiger partial charge in [0.15, 0.2) is 5.17 Å². The second-order valence-electron chi connectivity index (χ2n) is 5.62. The van der Waals surface area contributed by atoms with Crippen molar-refractivity contribution in [2.45, 2.75) is 32.6 Å². The number of hydrogen-bond donors (Lipinski definition) is 0. The van der Waals surface area contributed by atoms with Crippen molar-refractivity contribution >= 4 is 16.9 Å². The summed E-state index contributed by atoms with van der Waals surface area (Å²) in [6.45, 7) is 12.5. The van der Waals surface area contributed by atoms with E-state index >= 15 is 0 Å². The van der Waals surface area contributed by atoms with E-state index in [1.165, 1.54) is 10.7 Å². The highest BCUT2D eigenvalue weighted by Crippen LogP contribution is 2.24. The molecule has 0 unspecified atom stereocenters. The molecule has 110 valence electrons. The lowest BCUT2D eigenvalue weighted by atomic mass is 10.2. The summed E-state index contributed by atoms with van der Waals surface area (Å²) in [5, 5.41) is 5.92. The fourth-order valence-corrected chi connectivity index (χ4v) is 3.67. The van der Waals surface area contributed by atoms with Crippen LogP contribution in [0.15, 0.2) is 9.52 Å². The van der Waals surface area contributed by atoms with Crippen LogP contribution in [-0.4, -0.2) is 58.1 Å². The van der Waals surface area contributed by atoms with Crippen molar-refractivity contribution in [3.63, 3.8) is 0 Å². The number of piperazine rings is 1. The van der Waals surface area contributed by atoms with Crippen molar-refractivity contribution in [2.24, 2.45) is 4.99 Å². The van der Waals surface area contributed by atoms with Gasteiger partial charge in [0, 0.05) is 43.5 Å².